The van der Waals surface area contributed by atoms with Crippen molar-refractivity contribution in [2.45, 2.75) is 52.5 Å². The number of aromatic nitrogens is 1. The molecular formula is C14H26N2. The zero-order valence-corrected chi connectivity index (χ0v) is 10.8. The summed E-state index contributed by atoms with van der Waals surface area (Å²) in [7, 11) is 0. The average Bonchev–Trinajstić information content (AvgIpc) is 2.72. The van der Waals surface area contributed by atoms with Gasteiger partial charge in [-0.3, -0.25) is 0 Å². The number of hydrogen-bond acceptors (Lipinski definition) is 1. The van der Waals surface area contributed by atoms with Gasteiger partial charge in [0, 0.05) is 18.4 Å². The minimum Gasteiger partial charge on any atom is -0.351 e. The van der Waals surface area contributed by atoms with Gasteiger partial charge in [-0.25, -0.2) is 0 Å². The molecule has 1 unspecified atom stereocenters. The van der Waals surface area contributed by atoms with Gasteiger partial charge in [-0.2, -0.15) is 0 Å². The third-order valence-electron chi connectivity index (χ3n) is 3.32. The van der Waals surface area contributed by atoms with Crippen molar-refractivity contribution in [2.24, 2.45) is 11.7 Å². The van der Waals surface area contributed by atoms with E-state index >= 15 is 0 Å². The van der Waals surface area contributed by atoms with Gasteiger partial charge >= 0.3 is 0 Å². The molecular weight excluding hydrogens is 196 g/mol. The number of nitrogens with two attached hydrogens (primary N) is 1. The Morgan fingerprint density at radius 2 is 2.19 bits per heavy atom. The maximum atomic E-state index is 5.62. The molecule has 2 nitrogen and oxygen atoms in total. The molecule has 1 aromatic rings. The molecule has 0 aliphatic rings. The molecule has 16 heavy (non-hydrogen) atoms. The van der Waals surface area contributed by atoms with Crippen molar-refractivity contribution < 1.29 is 0 Å². The average molecular weight is 222 g/mol. The second-order valence-corrected chi connectivity index (χ2v) is 4.61. The normalized spacial score (nSPS) is 12.9. The zero-order chi connectivity index (χ0) is 11.8. The third-order valence-corrected chi connectivity index (χ3v) is 3.32. The van der Waals surface area contributed by atoms with E-state index in [9.17, 15) is 0 Å². The molecule has 0 saturated carbocycles. The van der Waals surface area contributed by atoms with E-state index in [0.29, 0.717) is 0 Å². The second kappa shape index (κ2) is 7.50. The number of rotatable bonds is 8. The van der Waals surface area contributed by atoms with Crippen molar-refractivity contribution in [1.29, 1.82) is 0 Å². The van der Waals surface area contributed by atoms with Crippen molar-refractivity contribution >= 4 is 0 Å². The maximum absolute atomic E-state index is 5.62. The number of unbranched alkanes of at least 4 members (excludes halogenated alkanes) is 1. The van der Waals surface area contributed by atoms with Crippen LogP contribution in [0.3, 0.4) is 0 Å². The van der Waals surface area contributed by atoms with E-state index in [1.54, 1.807) is 0 Å². The summed E-state index contributed by atoms with van der Waals surface area (Å²) in [5, 5.41) is 0. The lowest BCUT2D eigenvalue weighted by molar-refractivity contribution is 0.386. The Morgan fingerprint density at radius 1 is 1.38 bits per heavy atom. The summed E-state index contributed by atoms with van der Waals surface area (Å²) in [5.41, 5.74) is 7.01. The van der Waals surface area contributed by atoms with Crippen LogP contribution < -0.4 is 5.73 Å². The fourth-order valence-corrected chi connectivity index (χ4v) is 2.20. The van der Waals surface area contributed by atoms with Gasteiger partial charge in [-0.15, -0.1) is 0 Å². The van der Waals surface area contributed by atoms with Gasteiger partial charge in [-0.05, 0) is 37.4 Å². The van der Waals surface area contributed by atoms with Crippen LogP contribution in [-0.2, 0) is 13.0 Å². The maximum Gasteiger partial charge on any atom is 0.0250 e. The van der Waals surface area contributed by atoms with Gasteiger partial charge in [-0.1, -0.05) is 33.1 Å². The molecule has 0 aliphatic carbocycles. The van der Waals surface area contributed by atoms with Crippen molar-refractivity contribution in [2.75, 3.05) is 6.54 Å². The number of nitrogens with zero attached hydrogens (tertiary/aromatic N) is 1. The van der Waals surface area contributed by atoms with Crippen LogP contribution in [0.5, 0.6) is 0 Å². The summed E-state index contributed by atoms with van der Waals surface area (Å²) in [5.74, 6) is 0.823. The quantitative estimate of drug-likeness (QED) is 0.719. The second-order valence-electron chi connectivity index (χ2n) is 4.61. The topological polar surface area (TPSA) is 30.9 Å². The molecule has 0 aliphatic heterocycles. The summed E-state index contributed by atoms with van der Waals surface area (Å²) >= 11 is 0. The highest BCUT2D eigenvalue weighted by atomic mass is 15.0. The van der Waals surface area contributed by atoms with Crippen LogP contribution in [0.4, 0.5) is 0 Å². The highest BCUT2D eigenvalue weighted by Crippen LogP contribution is 2.16. The first-order chi connectivity index (χ1) is 7.81. The lowest BCUT2D eigenvalue weighted by Gasteiger charge is -2.17. The molecule has 0 spiro atoms. The monoisotopic (exact) mass is 222 g/mol. The van der Waals surface area contributed by atoms with Gasteiger partial charge in [0.05, 0.1) is 0 Å². The zero-order valence-electron chi connectivity index (χ0n) is 10.8. The molecule has 2 heteroatoms. The van der Waals surface area contributed by atoms with Crippen LogP contribution in [0.1, 0.15) is 45.2 Å². The Labute approximate surface area is 99.8 Å². The first-order valence-electron chi connectivity index (χ1n) is 6.65. The number of hydrogen-bond donors (Lipinski definition) is 1. The lowest BCUT2D eigenvalue weighted by Crippen LogP contribution is -2.14. The molecule has 1 heterocycles. The standard InChI is InChI=1S/C14H26N2/c1-3-5-7-13(4-2)12-16-11-6-8-14(16)9-10-15/h6,8,11,13H,3-5,7,9-10,12,15H2,1-2H3. The molecule has 0 aromatic carbocycles. The largest absolute Gasteiger partial charge is 0.351 e. The van der Waals surface area contributed by atoms with Gasteiger partial charge in [0.15, 0.2) is 0 Å². The Bertz CT molecular complexity index is 278. The molecule has 1 aromatic heterocycles. The van der Waals surface area contributed by atoms with Crippen LogP contribution in [-0.4, -0.2) is 11.1 Å². The van der Waals surface area contributed by atoms with E-state index in [-0.39, 0.29) is 0 Å². The minimum absolute atomic E-state index is 0.746. The van der Waals surface area contributed by atoms with Gasteiger partial charge in [0.1, 0.15) is 0 Å². The summed E-state index contributed by atoms with van der Waals surface area (Å²) in [6.07, 6.45) is 8.48. The van der Waals surface area contributed by atoms with Crippen molar-refractivity contribution in [3.63, 3.8) is 0 Å². The molecule has 2 N–H and O–H groups in total. The predicted octanol–water partition coefficient (Wildman–Crippen LogP) is 3.21. The van der Waals surface area contributed by atoms with Crippen LogP contribution in [0, 0.1) is 5.92 Å². The van der Waals surface area contributed by atoms with Crippen LogP contribution in [0.2, 0.25) is 0 Å². The van der Waals surface area contributed by atoms with E-state index in [4.69, 9.17) is 5.73 Å². The molecule has 0 bridgehead atoms. The van der Waals surface area contributed by atoms with E-state index in [1.165, 1.54) is 37.9 Å². The molecule has 0 fully saturated rings. The SMILES string of the molecule is CCCCC(CC)Cn1cccc1CCN. The first-order valence-corrected chi connectivity index (χ1v) is 6.65. The minimum atomic E-state index is 0.746. The Kier molecular flexibility index (Phi) is 6.24. The molecule has 0 amide bonds. The smallest absolute Gasteiger partial charge is 0.0250 e. The highest BCUT2D eigenvalue weighted by Gasteiger charge is 2.08. The lowest BCUT2D eigenvalue weighted by atomic mass is 9.99. The summed E-state index contributed by atoms with van der Waals surface area (Å²) in [6, 6.07) is 4.33. The molecule has 92 valence electrons. The predicted molar refractivity (Wildman–Crippen MR) is 70.5 cm³/mol. The molecule has 0 radical (unpaired) electrons. The van der Waals surface area contributed by atoms with Crippen molar-refractivity contribution in [1.82, 2.24) is 4.57 Å². The summed E-state index contributed by atoms with van der Waals surface area (Å²) in [4.78, 5) is 0. The fraction of sp³-hybridized carbons (Fsp3) is 0.714. The van der Waals surface area contributed by atoms with E-state index in [1.807, 2.05) is 0 Å². The van der Waals surface area contributed by atoms with Gasteiger partial charge < -0.3 is 10.3 Å². The Hall–Kier alpha value is -0.760. The third kappa shape index (κ3) is 4.01. The van der Waals surface area contributed by atoms with Crippen LogP contribution in [0.25, 0.3) is 0 Å². The highest BCUT2D eigenvalue weighted by molar-refractivity contribution is 5.07. The first kappa shape index (κ1) is 13.3. The van der Waals surface area contributed by atoms with E-state index < -0.39 is 0 Å². The fourth-order valence-electron chi connectivity index (χ4n) is 2.20. The molecule has 0 saturated heterocycles. The van der Waals surface area contributed by atoms with Gasteiger partial charge in [0.25, 0.3) is 0 Å². The Balaban J connectivity index is 2.51. The van der Waals surface area contributed by atoms with Crippen molar-refractivity contribution in [3.8, 4) is 0 Å². The van der Waals surface area contributed by atoms with Gasteiger partial charge in [0.2, 0.25) is 0 Å². The van der Waals surface area contributed by atoms with Crippen LogP contribution >= 0.6 is 0 Å². The van der Waals surface area contributed by atoms with Crippen LogP contribution in [0.15, 0.2) is 18.3 Å². The van der Waals surface area contributed by atoms with E-state index in [0.717, 1.165) is 18.9 Å². The van der Waals surface area contributed by atoms with Crippen molar-refractivity contribution in [3.05, 3.63) is 24.0 Å². The molecule has 1 rings (SSSR count). The summed E-state index contributed by atoms with van der Waals surface area (Å²) in [6.45, 7) is 6.48. The van der Waals surface area contributed by atoms with E-state index in [2.05, 4.69) is 36.7 Å². The summed E-state index contributed by atoms with van der Waals surface area (Å²) < 4.78 is 2.39. The Morgan fingerprint density at radius 3 is 2.81 bits per heavy atom. The molecule has 1 atom stereocenters.